The van der Waals surface area contributed by atoms with Gasteiger partial charge >= 0.3 is 0 Å². The van der Waals surface area contributed by atoms with Crippen LogP contribution in [0.1, 0.15) is 25.3 Å². The van der Waals surface area contributed by atoms with Gasteiger partial charge in [-0.25, -0.2) is 0 Å². The summed E-state index contributed by atoms with van der Waals surface area (Å²) in [5.41, 5.74) is 1.26. The summed E-state index contributed by atoms with van der Waals surface area (Å²) in [5.74, 6) is 1.73. The molecule has 4 nitrogen and oxygen atoms in total. The largest absolute Gasteiger partial charge is 0.486 e. The highest BCUT2D eigenvalue weighted by molar-refractivity contribution is 8.14. The van der Waals surface area contributed by atoms with Gasteiger partial charge in [0.25, 0.3) is 0 Å². The Kier molecular flexibility index (Phi) is 4.91. The van der Waals surface area contributed by atoms with Crippen molar-refractivity contribution >= 4 is 16.9 Å². The molecule has 0 spiro atoms. The highest BCUT2D eigenvalue weighted by atomic mass is 32.2. The average Bonchev–Trinajstić information content (AvgIpc) is 2.95. The molecule has 1 aromatic rings. The topological polar surface area (TPSA) is 42.9 Å². The molecule has 114 valence electrons. The summed E-state index contributed by atoms with van der Waals surface area (Å²) in [7, 11) is 0. The van der Waals surface area contributed by atoms with E-state index in [2.05, 4.69) is 29.4 Å². The maximum Gasteiger partial charge on any atom is 0.161 e. The summed E-state index contributed by atoms with van der Waals surface area (Å²) in [6.07, 6.45) is 3.45. The Morgan fingerprint density at radius 2 is 2.14 bits per heavy atom. The van der Waals surface area contributed by atoms with Crippen molar-refractivity contribution in [2.75, 3.05) is 26.3 Å². The maximum absolute atomic E-state index is 5.61. The van der Waals surface area contributed by atoms with Gasteiger partial charge in [0.05, 0.1) is 6.54 Å². The normalized spacial score (nSPS) is 20.2. The molecule has 1 atom stereocenters. The average molecular weight is 306 g/mol. The fraction of sp³-hybridized carbons (Fsp3) is 0.562. The quantitative estimate of drug-likeness (QED) is 0.908. The van der Waals surface area contributed by atoms with Crippen LogP contribution >= 0.6 is 11.8 Å². The predicted molar refractivity (Wildman–Crippen MR) is 87.7 cm³/mol. The molecule has 2 aliphatic rings. The molecule has 0 fully saturated rings. The number of thioether (sulfide) groups is 1. The van der Waals surface area contributed by atoms with Gasteiger partial charge in [0.2, 0.25) is 0 Å². The molecule has 0 bridgehead atoms. The van der Waals surface area contributed by atoms with E-state index in [1.807, 2.05) is 17.8 Å². The van der Waals surface area contributed by atoms with E-state index in [9.17, 15) is 0 Å². The highest BCUT2D eigenvalue weighted by Crippen LogP contribution is 2.30. The number of fused-ring (bicyclic) bond motifs is 1. The first-order valence-electron chi connectivity index (χ1n) is 7.68. The molecule has 0 aliphatic carbocycles. The van der Waals surface area contributed by atoms with E-state index >= 15 is 0 Å². The maximum atomic E-state index is 5.61. The molecule has 1 aromatic carbocycles. The van der Waals surface area contributed by atoms with Gasteiger partial charge in [0.15, 0.2) is 16.7 Å². The summed E-state index contributed by atoms with van der Waals surface area (Å²) in [6, 6.07) is 6.20. The van der Waals surface area contributed by atoms with E-state index in [-0.39, 0.29) is 0 Å². The van der Waals surface area contributed by atoms with Crippen molar-refractivity contribution in [3.05, 3.63) is 23.8 Å². The Hall–Kier alpha value is -1.36. The third-order valence-electron chi connectivity index (χ3n) is 3.62. The number of hydrogen-bond acceptors (Lipinski definition) is 5. The van der Waals surface area contributed by atoms with Crippen LogP contribution in [0.3, 0.4) is 0 Å². The first-order valence-corrected chi connectivity index (χ1v) is 8.56. The molecule has 2 aliphatic heterocycles. The third-order valence-corrected chi connectivity index (χ3v) is 4.84. The van der Waals surface area contributed by atoms with Crippen LogP contribution in [0.25, 0.3) is 0 Å². The van der Waals surface area contributed by atoms with Crippen molar-refractivity contribution < 1.29 is 9.47 Å². The zero-order valence-corrected chi connectivity index (χ0v) is 13.2. The van der Waals surface area contributed by atoms with Crippen molar-refractivity contribution in [2.45, 2.75) is 31.4 Å². The van der Waals surface area contributed by atoms with Gasteiger partial charge < -0.3 is 14.8 Å². The summed E-state index contributed by atoms with van der Waals surface area (Å²) in [4.78, 5) is 4.56. The molecule has 0 radical (unpaired) electrons. The third kappa shape index (κ3) is 3.84. The van der Waals surface area contributed by atoms with E-state index in [0.29, 0.717) is 18.5 Å². The molecular weight excluding hydrogens is 284 g/mol. The minimum absolute atomic E-state index is 0.640. The number of aliphatic imine (C=N–C) groups is 1. The number of rotatable bonds is 5. The smallest absolute Gasteiger partial charge is 0.161 e. The molecule has 2 heterocycles. The fourth-order valence-electron chi connectivity index (χ4n) is 2.54. The second-order valence-corrected chi connectivity index (χ2v) is 6.62. The number of benzene rings is 1. The lowest BCUT2D eigenvalue weighted by atomic mass is 10.1. The number of nitrogens with one attached hydrogen (secondary N) is 1. The van der Waals surface area contributed by atoms with Crippen molar-refractivity contribution in [3.63, 3.8) is 0 Å². The van der Waals surface area contributed by atoms with E-state index in [1.165, 1.54) is 18.4 Å². The van der Waals surface area contributed by atoms with Crippen LogP contribution in [-0.2, 0) is 6.42 Å². The van der Waals surface area contributed by atoms with Crippen molar-refractivity contribution in [1.82, 2.24) is 5.32 Å². The van der Waals surface area contributed by atoms with E-state index < -0.39 is 0 Å². The van der Waals surface area contributed by atoms with Crippen LogP contribution in [0.4, 0.5) is 0 Å². The molecule has 0 saturated heterocycles. The Balaban J connectivity index is 1.46. The molecule has 1 N–H and O–H groups in total. The van der Waals surface area contributed by atoms with Gasteiger partial charge in [-0.2, -0.15) is 0 Å². The zero-order chi connectivity index (χ0) is 14.5. The van der Waals surface area contributed by atoms with Crippen LogP contribution in [0.2, 0.25) is 0 Å². The Bertz CT molecular complexity index is 519. The van der Waals surface area contributed by atoms with E-state index in [1.54, 1.807) is 0 Å². The van der Waals surface area contributed by atoms with Gasteiger partial charge in [0, 0.05) is 11.8 Å². The predicted octanol–water partition coefficient (Wildman–Crippen LogP) is 2.86. The van der Waals surface area contributed by atoms with Crippen molar-refractivity contribution in [1.29, 1.82) is 0 Å². The molecule has 3 rings (SSSR count). The number of amidine groups is 1. The van der Waals surface area contributed by atoms with Gasteiger partial charge in [0.1, 0.15) is 13.2 Å². The summed E-state index contributed by atoms with van der Waals surface area (Å²) in [5, 5.41) is 5.22. The standard InChI is InChI=1S/C16H22N2O2S/c1-2-3-13-11-18-16(21-13)17-7-6-12-4-5-14-15(10-12)20-9-8-19-14/h4-5,10,13H,2-3,6-9,11H2,1H3,(H,17,18). The van der Waals surface area contributed by atoms with Crippen molar-refractivity contribution in [3.8, 4) is 11.5 Å². The van der Waals surface area contributed by atoms with Crippen LogP contribution in [0.5, 0.6) is 11.5 Å². The summed E-state index contributed by atoms with van der Waals surface area (Å²) in [6.45, 7) is 5.38. The molecule has 0 amide bonds. The first kappa shape index (κ1) is 14.6. The van der Waals surface area contributed by atoms with E-state index in [4.69, 9.17) is 9.47 Å². The summed E-state index contributed by atoms with van der Waals surface area (Å²) < 4.78 is 11.1. The number of nitrogens with zero attached hydrogens (tertiary/aromatic N) is 1. The van der Waals surface area contributed by atoms with E-state index in [0.717, 1.165) is 36.2 Å². The lowest BCUT2D eigenvalue weighted by molar-refractivity contribution is 0.171. The zero-order valence-electron chi connectivity index (χ0n) is 12.4. The lowest BCUT2D eigenvalue weighted by Crippen LogP contribution is -2.22. The number of ether oxygens (including phenoxy) is 2. The molecule has 21 heavy (non-hydrogen) atoms. The van der Waals surface area contributed by atoms with Crippen molar-refractivity contribution in [2.24, 2.45) is 4.99 Å². The van der Waals surface area contributed by atoms with Gasteiger partial charge in [-0.15, -0.1) is 0 Å². The van der Waals surface area contributed by atoms with Crippen LogP contribution in [-0.4, -0.2) is 36.7 Å². The molecule has 5 heteroatoms. The fourth-order valence-corrected chi connectivity index (χ4v) is 3.70. The molecule has 1 unspecified atom stereocenters. The minimum atomic E-state index is 0.640. The highest BCUT2D eigenvalue weighted by Gasteiger charge is 2.18. The van der Waals surface area contributed by atoms with Gasteiger partial charge in [-0.3, -0.25) is 4.99 Å². The van der Waals surface area contributed by atoms with Gasteiger partial charge in [-0.05, 0) is 30.5 Å². The molecule has 0 aromatic heterocycles. The SMILES string of the molecule is CCCC1CN=C(NCCc2ccc3c(c2)OCCO3)S1. The summed E-state index contributed by atoms with van der Waals surface area (Å²) >= 11 is 1.89. The monoisotopic (exact) mass is 306 g/mol. The lowest BCUT2D eigenvalue weighted by Gasteiger charge is -2.19. The Morgan fingerprint density at radius 3 is 3.00 bits per heavy atom. The first-order chi connectivity index (χ1) is 10.3. The Morgan fingerprint density at radius 1 is 1.29 bits per heavy atom. The minimum Gasteiger partial charge on any atom is -0.486 e. The second-order valence-electron chi connectivity index (χ2n) is 5.33. The van der Waals surface area contributed by atoms with Crippen LogP contribution in [0, 0.1) is 0 Å². The van der Waals surface area contributed by atoms with Crippen LogP contribution in [0.15, 0.2) is 23.2 Å². The molecule has 0 saturated carbocycles. The van der Waals surface area contributed by atoms with Gasteiger partial charge in [-0.1, -0.05) is 31.2 Å². The Labute approximate surface area is 130 Å². The molecular formula is C16H22N2O2S. The second kappa shape index (κ2) is 7.07. The van der Waals surface area contributed by atoms with Crippen LogP contribution < -0.4 is 14.8 Å². The number of hydrogen-bond donors (Lipinski definition) is 1.